The van der Waals surface area contributed by atoms with Gasteiger partial charge in [0.1, 0.15) is 5.69 Å². The first-order valence-electron chi connectivity index (χ1n) is 7.45. The number of aromatic nitrogens is 1. The fourth-order valence-electron chi connectivity index (χ4n) is 2.55. The van der Waals surface area contributed by atoms with Crippen LogP contribution in [0, 0.1) is 0 Å². The van der Waals surface area contributed by atoms with Gasteiger partial charge in [0.2, 0.25) is 0 Å². The van der Waals surface area contributed by atoms with Gasteiger partial charge in [-0.2, -0.15) is 0 Å². The number of carbonyl (C=O) groups excluding carboxylic acids is 1. The summed E-state index contributed by atoms with van der Waals surface area (Å²) in [5, 5.41) is 5.67. The van der Waals surface area contributed by atoms with Gasteiger partial charge in [0, 0.05) is 30.2 Å². The number of benzene rings is 1. The largest absolute Gasteiger partial charge is 0.493 e. The molecular weight excluding hydrogens is 314 g/mol. The van der Waals surface area contributed by atoms with Crippen LogP contribution in [0.2, 0.25) is 0 Å². The van der Waals surface area contributed by atoms with Crippen molar-refractivity contribution in [1.29, 1.82) is 0 Å². The molecule has 2 aromatic rings. The van der Waals surface area contributed by atoms with Crippen LogP contribution in [-0.2, 0) is 0 Å². The van der Waals surface area contributed by atoms with Crippen molar-refractivity contribution >= 4 is 28.1 Å². The lowest BCUT2D eigenvalue weighted by molar-refractivity contribution is 0.0788. The minimum atomic E-state index is 0.0131. The first kappa shape index (κ1) is 15.6. The predicted molar refractivity (Wildman–Crippen MR) is 90.1 cm³/mol. The number of likely N-dealkylation sites (tertiary alicyclic amines) is 1. The molecule has 1 aromatic heterocycles. The summed E-state index contributed by atoms with van der Waals surface area (Å²) < 4.78 is 10.5. The maximum absolute atomic E-state index is 12.3. The number of nitrogens with zero attached hydrogens (tertiary/aromatic N) is 2. The van der Waals surface area contributed by atoms with Crippen LogP contribution < -0.4 is 14.8 Å². The van der Waals surface area contributed by atoms with Crippen molar-refractivity contribution in [1.82, 2.24) is 9.88 Å². The summed E-state index contributed by atoms with van der Waals surface area (Å²) in [6.07, 6.45) is 2.15. The Hall–Kier alpha value is -2.28. The number of carbonyl (C=O) groups is 1. The summed E-state index contributed by atoms with van der Waals surface area (Å²) in [4.78, 5) is 18.6. The molecule has 2 heterocycles. The molecule has 1 amide bonds. The zero-order chi connectivity index (χ0) is 16.2. The molecule has 3 rings (SSSR count). The molecule has 0 aliphatic carbocycles. The van der Waals surface area contributed by atoms with Crippen molar-refractivity contribution in [2.45, 2.75) is 12.8 Å². The van der Waals surface area contributed by atoms with Gasteiger partial charge in [-0.15, -0.1) is 11.3 Å². The van der Waals surface area contributed by atoms with Crippen molar-refractivity contribution < 1.29 is 14.3 Å². The Balaban J connectivity index is 1.72. The van der Waals surface area contributed by atoms with Gasteiger partial charge in [-0.3, -0.25) is 4.79 Å². The van der Waals surface area contributed by atoms with E-state index in [1.807, 2.05) is 23.1 Å². The standard InChI is InChI=1S/C16H19N3O3S/c1-21-13-6-5-11(9-14(13)22-2)17-16-18-12(10-23-16)15(20)19-7-3-4-8-19/h5-6,9-10H,3-4,7-8H2,1-2H3,(H,17,18). The Morgan fingerprint density at radius 1 is 1.22 bits per heavy atom. The molecule has 0 bridgehead atoms. The van der Waals surface area contributed by atoms with Crippen molar-refractivity contribution in [3.63, 3.8) is 0 Å². The summed E-state index contributed by atoms with van der Waals surface area (Å²) in [7, 11) is 3.19. The van der Waals surface area contributed by atoms with Crippen LogP contribution >= 0.6 is 11.3 Å². The van der Waals surface area contributed by atoms with Gasteiger partial charge in [0.25, 0.3) is 5.91 Å². The normalized spacial score (nSPS) is 13.9. The third kappa shape index (κ3) is 3.39. The fourth-order valence-corrected chi connectivity index (χ4v) is 3.25. The number of nitrogens with one attached hydrogen (secondary N) is 1. The van der Waals surface area contributed by atoms with Crippen LogP contribution in [0.5, 0.6) is 11.5 Å². The monoisotopic (exact) mass is 333 g/mol. The molecule has 1 aliphatic rings. The van der Waals surface area contributed by atoms with Gasteiger partial charge in [-0.1, -0.05) is 0 Å². The van der Waals surface area contributed by atoms with Gasteiger partial charge >= 0.3 is 0 Å². The predicted octanol–water partition coefficient (Wildman–Crippen LogP) is 3.14. The maximum Gasteiger partial charge on any atom is 0.273 e. The first-order valence-corrected chi connectivity index (χ1v) is 8.33. The van der Waals surface area contributed by atoms with E-state index in [0.717, 1.165) is 31.6 Å². The number of methoxy groups -OCH3 is 2. The Morgan fingerprint density at radius 3 is 2.65 bits per heavy atom. The Kier molecular flexibility index (Phi) is 4.66. The number of thiazole rings is 1. The van der Waals surface area contributed by atoms with E-state index in [-0.39, 0.29) is 5.91 Å². The molecule has 122 valence electrons. The third-order valence-corrected chi connectivity index (χ3v) is 4.51. The van der Waals surface area contributed by atoms with Crippen molar-refractivity contribution in [2.75, 3.05) is 32.6 Å². The number of ether oxygens (including phenoxy) is 2. The average Bonchev–Trinajstić information content (AvgIpc) is 3.26. The summed E-state index contributed by atoms with van der Waals surface area (Å²) in [5.41, 5.74) is 1.33. The molecule has 0 radical (unpaired) electrons. The van der Waals surface area contributed by atoms with Crippen LogP contribution in [0.1, 0.15) is 23.3 Å². The average molecular weight is 333 g/mol. The molecule has 23 heavy (non-hydrogen) atoms. The van der Waals surface area contributed by atoms with E-state index in [0.29, 0.717) is 22.3 Å². The van der Waals surface area contributed by atoms with E-state index in [1.54, 1.807) is 19.6 Å². The lowest BCUT2D eigenvalue weighted by Crippen LogP contribution is -2.27. The minimum absolute atomic E-state index is 0.0131. The number of anilines is 2. The van der Waals surface area contributed by atoms with E-state index < -0.39 is 0 Å². The highest BCUT2D eigenvalue weighted by Crippen LogP contribution is 2.31. The second kappa shape index (κ2) is 6.87. The lowest BCUT2D eigenvalue weighted by atomic mass is 10.3. The van der Waals surface area contributed by atoms with Crippen LogP contribution in [0.4, 0.5) is 10.8 Å². The van der Waals surface area contributed by atoms with Gasteiger partial charge < -0.3 is 19.7 Å². The highest BCUT2D eigenvalue weighted by Gasteiger charge is 2.21. The minimum Gasteiger partial charge on any atom is -0.493 e. The van der Waals surface area contributed by atoms with E-state index in [1.165, 1.54) is 11.3 Å². The van der Waals surface area contributed by atoms with E-state index in [4.69, 9.17) is 9.47 Å². The van der Waals surface area contributed by atoms with Gasteiger partial charge in [-0.05, 0) is 25.0 Å². The zero-order valence-corrected chi connectivity index (χ0v) is 14.0. The SMILES string of the molecule is COc1ccc(Nc2nc(C(=O)N3CCCC3)cs2)cc1OC. The smallest absolute Gasteiger partial charge is 0.273 e. The molecule has 1 N–H and O–H groups in total. The molecule has 0 saturated carbocycles. The van der Waals surface area contributed by atoms with Crippen LogP contribution in [0.25, 0.3) is 0 Å². The summed E-state index contributed by atoms with van der Waals surface area (Å²) in [6.45, 7) is 1.66. The molecule has 6 nitrogen and oxygen atoms in total. The molecule has 0 unspecified atom stereocenters. The van der Waals surface area contributed by atoms with Gasteiger partial charge in [0.15, 0.2) is 16.6 Å². The molecular formula is C16H19N3O3S. The number of amides is 1. The third-order valence-electron chi connectivity index (χ3n) is 3.75. The quantitative estimate of drug-likeness (QED) is 0.911. The summed E-state index contributed by atoms with van der Waals surface area (Å²) in [6, 6.07) is 5.54. The number of hydrogen-bond acceptors (Lipinski definition) is 6. The molecule has 1 saturated heterocycles. The second-order valence-corrected chi connectivity index (χ2v) is 6.09. The second-order valence-electron chi connectivity index (χ2n) is 5.23. The molecule has 0 spiro atoms. The first-order chi connectivity index (χ1) is 11.2. The Labute approximate surface area is 139 Å². The van der Waals surface area contributed by atoms with Crippen LogP contribution in [0.3, 0.4) is 0 Å². The lowest BCUT2D eigenvalue weighted by Gasteiger charge is -2.12. The number of hydrogen-bond donors (Lipinski definition) is 1. The van der Waals surface area contributed by atoms with Crippen molar-refractivity contribution in [2.24, 2.45) is 0 Å². The van der Waals surface area contributed by atoms with E-state index >= 15 is 0 Å². The highest BCUT2D eigenvalue weighted by atomic mass is 32.1. The van der Waals surface area contributed by atoms with E-state index in [9.17, 15) is 4.79 Å². The molecule has 1 aliphatic heterocycles. The van der Waals surface area contributed by atoms with Crippen molar-refractivity contribution in [3.8, 4) is 11.5 Å². The van der Waals surface area contributed by atoms with Crippen molar-refractivity contribution in [3.05, 3.63) is 29.3 Å². The van der Waals surface area contributed by atoms with Gasteiger partial charge in [-0.25, -0.2) is 4.98 Å². The Morgan fingerprint density at radius 2 is 1.96 bits per heavy atom. The maximum atomic E-state index is 12.3. The highest BCUT2D eigenvalue weighted by molar-refractivity contribution is 7.14. The molecule has 1 aromatic carbocycles. The summed E-state index contributed by atoms with van der Waals surface area (Å²) in [5.74, 6) is 1.32. The summed E-state index contributed by atoms with van der Waals surface area (Å²) >= 11 is 1.41. The van der Waals surface area contributed by atoms with Crippen LogP contribution in [0.15, 0.2) is 23.6 Å². The fraction of sp³-hybridized carbons (Fsp3) is 0.375. The molecule has 7 heteroatoms. The molecule has 0 atom stereocenters. The molecule has 1 fully saturated rings. The van der Waals surface area contributed by atoms with Gasteiger partial charge in [0.05, 0.1) is 14.2 Å². The topological polar surface area (TPSA) is 63.7 Å². The zero-order valence-electron chi connectivity index (χ0n) is 13.2. The Bertz CT molecular complexity index is 696. The van der Waals surface area contributed by atoms with E-state index in [2.05, 4.69) is 10.3 Å². The van der Waals surface area contributed by atoms with Crippen LogP contribution in [-0.4, -0.2) is 43.1 Å². The number of rotatable bonds is 5.